The minimum absolute atomic E-state index is 0.190. The van der Waals surface area contributed by atoms with Crippen molar-refractivity contribution in [3.63, 3.8) is 0 Å². The largest absolute Gasteiger partial charge is 0.453 e. The van der Waals surface area contributed by atoms with Gasteiger partial charge in [0.05, 0.1) is 17.1 Å². The molecule has 1 unspecified atom stereocenters. The van der Waals surface area contributed by atoms with Crippen LogP contribution in [0.3, 0.4) is 0 Å². The summed E-state index contributed by atoms with van der Waals surface area (Å²) in [6.45, 7) is 2.41. The van der Waals surface area contributed by atoms with Crippen LogP contribution in [0.5, 0.6) is 11.5 Å². The predicted molar refractivity (Wildman–Crippen MR) is 117 cm³/mol. The van der Waals surface area contributed by atoms with E-state index in [9.17, 15) is 13.0 Å². The molecule has 0 spiro atoms. The van der Waals surface area contributed by atoms with Crippen molar-refractivity contribution in [3.05, 3.63) is 78.1 Å². The van der Waals surface area contributed by atoms with E-state index in [1.54, 1.807) is 12.3 Å². The van der Waals surface area contributed by atoms with Crippen molar-refractivity contribution in [1.82, 2.24) is 4.98 Å². The molecule has 0 fully saturated rings. The van der Waals surface area contributed by atoms with Crippen molar-refractivity contribution in [2.45, 2.75) is 31.4 Å². The van der Waals surface area contributed by atoms with Gasteiger partial charge in [0.2, 0.25) is 0 Å². The number of anilines is 2. The molecule has 0 aliphatic carbocycles. The van der Waals surface area contributed by atoms with Crippen LogP contribution in [0.2, 0.25) is 0 Å². The zero-order valence-corrected chi connectivity index (χ0v) is 17.5. The lowest BCUT2D eigenvalue weighted by molar-refractivity contribution is 0.459. The monoisotopic (exact) mass is 424 g/mol. The lowest BCUT2D eigenvalue weighted by Crippen LogP contribution is -2.26. The Balaban J connectivity index is 1.69. The lowest BCUT2D eigenvalue weighted by atomic mass is 10.0. The number of pyridine rings is 1. The topological polar surface area (TPSA) is 79.7 Å². The fourth-order valence-electron chi connectivity index (χ4n) is 3.92. The molecular weight excluding hydrogens is 400 g/mol. The highest BCUT2D eigenvalue weighted by molar-refractivity contribution is 7.86. The number of hydrogen-bond donors (Lipinski definition) is 1. The summed E-state index contributed by atoms with van der Waals surface area (Å²) in [5.41, 5.74) is 3.00. The average Bonchev–Trinajstić information content (AvgIpc) is 2.73. The minimum atomic E-state index is -4.33. The molecule has 0 radical (unpaired) electrons. The zero-order chi connectivity index (χ0) is 21.1. The van der Waals surface area contributed by atoms with Crippen molar-refractivity contribution in [3.8, 4) is 11.5 Å². The fourth-order valence-corrected chi connectivity index (χ4v) is 4.81. The molecule has 1 aromatic heterocycles. The third kappa shape index (κ3) is 4.04. The second-order valence-corrected chi connectivity index (χ2v) is 8.88. The van der Waals surface area contributed by atoms with E-state index in [0.29, 0.717) is 30.2 Å². The van der Waals surface area contributed by atoms with Crippen molar-refractivity contribution in [1.29, 1.82) is 0 Å². The number of aromatic nitrogens is 1. The average molecular weight is 425 g/mol. The number of ether oxygens (including phenoxy) is 1. The maximum Gasteiger partial charge on any atom is 0.273 e. The number of nitrogens with zero attached hydrogens (tertiary/aromatic N) is 2. The zero-order valence-electron chi connectivity index (χ0n) is 16.7. The normalized spacial score (nSPS) is 13.9. The van der Waals surface area contributed by atoms with E-state index in [1.165, 1.54) is 0 Å². The molecule has 1 atom stereocenters. The molecule has 30 heavy (non-hydrogen) atoms. The van der Waals surface area contributed by atoms with Gasteiger partial charge in [-0.05, 0) is 48.7 Å². The Morgan fingerprint density at radius 3 is 2.23 bits per heavy atom. The van der Waals surface area contributed by atoms with E-state index in [-0.39, 0.29) is 6.42 Å². The Labute approximate surface area is 176 Å². The first-order valence-corrected chi connectivity index (χ1v) is 11.5. The Morgan fingerprint density at radius 2 is 1.63 bits per heavy atom. The molecule has 1 aliphatic heterocycles. The summed E-state index contributed by atoms with van der Waals surface area (Å²) in [6, 6.07) is 19.0. The van der Waals surface area contributed by atoms with Crippen LogP contribution < -0.4 is 9.64 Å². The van der Waals surface area contributed by atoms with Crippen molar-refractivity contribution in [2.75, 3.05) is 11.4 Å². The van der Waals surface area contributed by atoms with Gasteiger partial charge in [0.15, 0.2) is 11.5 Å². The highest BCUT2D eigenvalue weighted by Gasteiger charge is 2.31. The number of hydrogen-bond acceptors (Lipinski definition) is 5. The minimum Gasteiger partial charge on any atom is -0.453 e. The molecule has 0 bridgehead atoms. The number of aryl methyl sites for hydroxylation is 1. The highest BCUT2D eigenvalue weighted by atomic mass is 32.2. The Bertz CT molecular complexity index is 1100. The van der Waals surface area contributed by atoms with E-state index in [2.05, 4.69) is 4.98 Å². The molecule has 0 saturated carbocycles. The number of benzene rings is 2. The van der Waals surface area contributed by atoms with Crippen molar-refractivity contribution in [2.24, 2.45) is 0 Å². The molecule has 3 aromatic rings. The smallest absolute Gasteiger partial charge is 0.273 e. The van der Waals surface area contributed by atoms with Crippen LogP contribution >= 0.6 is 0 Å². The maximum atomic E-state index is 12.3. The Morgan fingerprint density at radius 1 is 1.00 bits per heavy atom. The molecule has 1 N–H and O–H groups in total. The quantitative estimate of drug-likeness (QED) is 0.519. The molecule has 1 aliphatic rings. The second kappa shape index (κ2) is 8.45. The van der Waals surface area contributed by atoms with Gasteiger partial charge in [-0.1, -0.05) is 43.7 Å². The van der Waals surface area contributed by atoms with Gasteiger partial charge >= 0.3 is 0 Å². The van der Waals surface area contributed by atoms with Gasteiger partial charge in [-0.25, -0.2) is 0 Å². The molecule has 0 amide bonds. The van der Waals surface area contributed by atoms with E-state index in [4.69, 9.17) is 4.74 Å². The molecule has 0 saturated heterocycles. The maximum absolute atomic E-state index is 12.3. The molecule has 2 aromatic carbocycles. The Kier molecular flexibility index (Phi) is 5.74. The first-order valence-electron chi connectivity index (χ1n) is 10.0. The highest BCUT2D eigenvalue weighted by Crippen LogP contribution is 2.46. The van der Waals surface area contributed by atoms with E-state index in [0.717, 1.165) is 23.4 Å². The predicted octanol–water partition coefficient (Wildman–Crippen LogP) is 5.30. The molecular formula is C23H24N2O4S. The van der Waals surface area contributed by atoms with Crippen LogP contribution in [0.15, 0.2) is 66.9 Å². The van der Waals surface area contributed by atoms with E-state index in [1.807, 2.05) is 66.4 Å². The summed E-state index contributed by atoms with van der Waals surface area (Å²) in [6.07, 6.45) is 3.33. The molecule has 6 nitrogen and oxygen atoms in total. The first-order chi connectivity index (χ1) is 14.5. The molecule has 7 heteroatoms. The van der Waals surface area contributed by atoms with Crippen LogP contribution in [0.4, 0.5) is 11.4 Å². The van der Waals surface area contributed by atoms with Gasteiger partial charge in [0.1, 0.15) is 5.25 Å². The third-order valence-electron chi connectivity index (χ3n) is 5.26. The van der Waals surface area contributed by atoms with E-state index < -0.39 is 15.4 Å². The second-order valence-electron chi connectivity index (χ2n) is 7.28. The summed E-state index contributed by atoms with van der Waals surface area (Å²) < 4.78 is 40.7. The lowest BCUT2D eigenvalue weighted by Gasteiger charge is -2.33. The van der Waals surface area contributed by atoms with E-state index >= 15 is 0 Å². The summed E-state index contributed by atoms with van der Waals surface area (Å²) in [5, 5.41) is -1.09. The van der Waals surface area contributed by atoms with Crippen LogP contribution in [0.25, 0.3) is 0 Å². The van der Waals surface area contributed by atoms with Crippen LogP contribution in [-0.4, -0.2) is 24.5 Å². The van der Waals surface area contributed by atoms with Gasteiger partial charge in [-0.15, -0.1) is 0 Å². The summed E-state index contributed by atoms with van der Waals surface area (Å²) in [7, 11) is -4.33. The van der Waals surface area contributed by atoms with Crippen LogP contribution in [0, 0.1) is 0 Å². The summed E-state index contributed by atoms with van der Waals surface area (Å²) in [4.78, 5) is 6.37. The van der Waals surface area contributed by atoms with Crippen LogP contribution in [-0.2, 0) is 16.5 Å². The third-order valence-corrected chi connectivity index (χ3v) is 6.43. The van der Waals surface area contributed by atoms with Gasteiger partial charge in [0, 0.05) is 12.7 Å². The summed E-state index contributed by atoms with van der Waals surface area (Å²) in [5.74, 6) is 1.42. The van der Waals surface area contributed by atoms with Gasteiger partial charge in [-0.3, -0.25) is 9.54 Å². The van der Waals surface area contributed by atoms with Gasteiger partial charge < -0.3 is 9.64 Å². The standard InChI is InChI=1S/C23H24N2O4S/c1-2-8-17-9-7-15-24-23(17)22(30(26,27)28)14-16-25-18-10-3-5-12-20(18)29-21-13-6-4-11-19(21)25/h3-7,9-13,15,22H,2,8,14,16H2,1H3,(H,26,27,28). The summed E-state index contributed by atoms with van der Waals surface area (Å²) >= 11 is 0. The van der Waals surface area contributed by atoms with Gasteiger partial charge in [-0.2, -0.15) is 8.42 Å². The number of rotatable bonds is 7. The van der Waals surface area contributed by atoms with Crippen LogP contribution in [0.1, 0.15) is 36.3 Å². The number of para-hydroxylation sites is 4. The van der Waals surface area contributed by atoms with Crippen molar-refractivity contribution >= 4 is 21.5 Å². The number of fused-ring (bicyclic) bond motifs is 2. The van der Waals surface area contributed by atoms with Gasteiger partial charge in [0.25, 0.3) is 10.1 Å². The molecule has 2 heterocycles. The Hall–Kier alpha value is -2.90. The molecule has 4 rings (SSSR count). The SMILES string of the molecule is CCCc1cccnc1C(CCN1c2ccccc2Oc2ccccc21)S(=O)(=O)O. The van der Waals surface area contributed by atoms with Crippen molar-refractivity contribution < 1.29 is 17.7 Å². The first kappa shape index (κ1) is 20.4. The molecule has 156 valence electrons. The fraction of sp³-hybridized carbons (Fsp3) is 0.261.